The number of primary amides is 1. The van der Waals surface area contributed by atoms with E-state index >= 15 is 0 Å². The van der Waals surface area contributed by atoms with Gasteiger partial charge >= 0.3 is 5.69 Å². The molecule has 2 aromatic carbocycles. The van der Waals surface area contributed by atoms with Crippen molar-refractivity contribution in [1.82, 2.24) is 19.5 Å². The highest BCUT2D eigenvalue weighted by Gasteiger charge is 2.20. The zero-order valence-electron chi connectivity index (χ0n) is 14.6. The lowest BCUT2D eigenvalue weighted by molar-refractivity contribution is 0.0997. The number of nitrogens with zero attached hydrogens (tertiary/aromatic N) is 3. The van der Waals surface area contributed by atoms with E-state index in [0.29, 0.717) is 17.0 Å². The van der Waals surface area contributed by atoms with E-state index in [9.17, 15) is 14.0 Å². The van der Waals surface area contributed by atoms with Crippen LogP contribution in [0.4, 0.5) is 4.39 Å². The van der Waals surface area contributed by atoms with Crippen LogP contribution in [0.1, 0.15) is 10.5 Å². The predicted octanol–water partition coefficient (Wildman–Crippen LogP) is 2.02. The van der Waals surface area contributed by atoms with Crippen LogP contribution in [0.15, 0.2) is 53.3 Å². The highest BCUT2D eigenvalue weighted by atomic mass is 19.1. The largest absolute Gasteiger partial charge is 0.497 e. The fourth-order valence-electron chi connectivity index (χ4n) is 2.86. The second-order valence-electron chi connectivity index (χ2n) is 5.93. The van der Waals surface area contributed by atoms with Crippen LogP contribution >= 0.6 is 0 Å². The second-order valence-corrected chi connectivity index (χ2v) is 5.93. The van der Waals surface area contributed by atoms with Crippen molar-refractivity contribution in [3.63, 3.8) is 0 Å². The number of carbonyl (C=O) groups excluding carboxylic acids is 1. The van der Waals surface area contributed by atoms with Gasteiger partial charge in [0.2, 0.25) is 0 Å². The summed E-state index contributed by atoms with van der Waals surface area (Å²) in [7, 11) is 1.55. The van der Waals surface area contributed by atoms with Crippen molar-refractivity contribution < 1.29 is 13.9 Å². The van der Waals surface area contributed by atoms with Gasteiger partial charge in [-0.05, 0) is 48.5 Å². The number of ether oxygens (including phenoxy) is 1. The third-order valence-corrected chi connectivity index (χ3v) is 4.20. The van der Waals surface area contributed by atoms with Crippen LogP contribution in [0.3, 0.4) is 0 Å². The molecule has 0 fully saturated rings. The molecule has 2 heterocycles. The summed E-state index contributed by atoms with van der Waals surface area (Å²) in [6.45, 7) is 0. The Morgan fingerprint density at radius 2 is 1.79 bits per heavy atom. The Bertz CT molecular complexity index is 1240. The smallest absolute Gasteiger partial charge is 0.332 e. The highest BCUT2D eigenvalue weighted by molar-refractivity contribution is 6.02. The Morgan fingerprint density at radius 3 is 2.39 bits per heavy atom. The zero-order chi connectivity index (χ0) is 19.8. The van der Waals surface area contributed by atoms with Crippen molar-refractivity contribution >= 4 is 17.1 Å². The van der Waals surface area contributed by atoms with Crippen LogP contribution < -0.4 is 16.2 Å². The predicted molar refractivity (Wildman–Crippen MR) is 99.9 cm³/mol. The van der Waals surface area contributed by atoms with E-state index in [1.54, 1.807) is 31.4 Å². The SMILES string of the molecule is COc1ccc(-c2nc(C(N)=O)c3[nH]c(=O)n(-c4ccc(F)cc4)c3n2)cc1. The summed E-state index contributed by atoms with van der Waals surface area (Å²) < 4.78 is 19.6. The van der Waals surface area contributed by atoms with E-state index < -0.39 is 17.4 Å². The van der Waals surface area contributed by atoms with Gasteiger partial charge in [-0.3, -0.25) is 4.79 Å². The lowest BCUT2D eigenvalue weighted by Gasteiger charge is -2.07. The summed E-state index contributed by atoms with van der Waals surface area (Å²) in [5.74, 6) is -0.402. The molecule has 28 heavy (non-hydrogen) atoms. The Hall–Kier alpha value is -4.01. The number of benzene rings is 2. The minimum Gasteiger partial charge on any atom is -0.497 e. The molecular weight excluding hydrogens is 365 g/mol. The molecule has 0 atom stereocenters. The first-order chi connectivity index (χ1) is 13.5. The van der Waals surface area contributed by atoms with Crippen molar-refractivity contribution in [3.8, 4) is 22.8 Å². The van der Waals surface area contributed by atoms with E-state index in [-0.39, 0.29) is 22.7 Å². The van der Waals surface area contributed by atoms with Crippen molar-refractivity contribution in [3.05, 3.63) is 70.5 Å². The molecule has 4 aromatic rings. The van der Waals surface area contributed by atoms with Crippen molar-refractivity contribution in [1.29, 1.82) is 0 Å². The molecule has 0 radical (unpaired) electrons. The van der Waals surface area contributed by atoms with Gasteiger partial charge in [0.15, 0.2) is 17.2 Å². The Labute approximate surface area is 157 Å². The summed E-state index contributed by atoms with van der Waals surface area (Å²) in [6, 6.07) is 12.2. The number of halogens is 1. The van der Waals surface area contributed by atoms with Crippen LogP contribution in [-0.4, -0.2) is 32.5 Å². The minimum absolute atomic E-state index is 0.110. The minimum atomic E-state index is -0.810. The van der Waals surface area contributed by atoms with Gasteiger partial charge in [0.05, 0.1) is 12.8 Å². The molecule has 4 rings (SSSR count). The lowest BCUT2D eigenvalue weighted by atomic mass is 10.2. The molecular formula is C19H14FN5O3. The average Bonchev–Trinajstić information content (AvgIpc) is 3.03. The Morgan fingerprint density at radius 1 is 1.11 bits per heavy atom. The Balaban J connectivity index is 2.00. The number of carbonyl (C=O) groups is 1. The van der Waals surface area contributed by atoms with Crippen LogP contribution in [-0.2, 0) is 0 Å². The van der Waals surface area contributed by atoms with Gasteiger partial charge in [0.25, 0.3) is 5.91 Å². The lowest BCUT2D eigenvalue weighted by Crippen LogP contribution is -2.15. The number of hydrogen-bond acceptors (Lipinski definition) is 5. The molecule has 0 bridgehead atoms. The number of rotatable bonds is 4. The molecule has 140 valence electrons. The third-order valence-electron chi connectivity index (χ3n) is 4.20. The maximum Gasteiger partial charge on any atom is 0.332 e. The molecule has 0 saturated heterocycles. The Kier molecular flexibility index (Phi) is 4.11. The van der Waals surface area contributed by atoms with E-state index in [2.05, 4.69) is 15.0 Å². The average molecular weight is 379 g/mol. The molecule has 0 spiro atoms. The van der Waals surface area contributed by atoms with E-state index in [1.165, 1.54) is 28.8 Å². The number of nitrogens with two attached hydrogens (primary N) is 1. The zero-order valence-corrected chi connectivity index (χ0v) is 14.6. The quantitative estimate of drug-likeness (QED) is 0.563. The van der Waals surface area contributed by atoms with Crippen molar-refractivity contribution in [2.24, 2.45) is 5.73 Å². The molecule has 2 aromatic heterocycles. The first kappa shape index (κ1) is 17.4. The van der Waals surface area contributed by atoms with Crippen LogP contribution in [0.5, 0.6) is 5.75 Å². The fourth-order valence-corrected chi connectivity index (χ4v) is 2.86. The number of amides is 1. The summed E-state index contributed by atoms with van der Waals surface area (Å²) >= 11 is 0. The van der Waals surface area contributed by atoms with Crippen molar-refractivity contribution in [2.75, 3.05) is 7.11 Å². The first-order valence-electron chi connectivity index (χ1n) is 8.21. The number of methoxy groups -OCH3 is 1. The molecule has 0 saturated carbocycles. The number of aromatic amines is 1. The summed E-state index contributed by atoms with van der Waals surface area (Å²) in [6.07, 6.45) is 0. The van der Waals surface area contributed by atoms with E-state index in [0.717, 1.165) is 0 Å². The highest BCUT2D eigenvalue weighted by Crippen LogP contribution is 2.23. The van der Waals surface area contributed by atoms with Gasteiger partial charge in [-0.25, -0.2) is 23.7 Å². The number of fused-ring (bicyclic) bond motifs is 1. The van der Waals surface area contributed by atoms with Gasteiger partial charge in [-0.1, -0.05) is 0 Å². The van der Waals surface area contributed by atoms with Gasteiger partial charge in [0.1, 0.15) is 17.1 Å². The molecule has 3 N–H and O–H groups in total. The fraction of sp³-hybridized carbons (Fsp3) is 0.0526. The maximum atomic E-state index is 13.3. The van der Waals surface area contributed by atoms with Gasteiger partial charge in [-0.2, -0.15) is 0 Å². The number of H-pyrrole nitrogens is 1. The van der Waals surface area contributed by atoms with Gasteiger partial charge in [0, 0.05) is 5.56 Å². The maximum absolute atomic E-state index is 13.3. The second kappa shape index (κ2) is 6.62. The number of hydrogen-bond donors (Lipinski definition) is 2. The summed E-state index contributed by atoms with van der Waals surface area (Å²) in [4.78, 5) is 35.7. The molecule has 0 unspecified atom stereocenters. The molecule has 8 nitrogen and oxygen atoms in total. The molecule has 0 aliphatic carbocycles. The van der Waals surface area contributed by atoms with Crippen LogP contribution in [0.25, 0.3) is 28.2 Å². The van der Waals surface area contributed by atoms with Gasteiger partial charge in [-0.15, -0.1) is 0 Å². The molecule has 9 heteroatoms. The monoisotopic (exact) mass is 379 g/mol. The van der Waals surface area contributed by atoms with Crippen LogP contribution in [0, 0.1) is 5.82 Å². The molecule has 1 amide bonds. The topological polar surface area (TPSA) is 116 Å². The normalized spacial score (nSPS) is 10.9. The summed E-state index contributed by atoms with van der Waals surface area (Å²) in [5, 5.41) is 0. The third kappa shape index (κ3) is 2.88. The summed E-state index contributed by atoms with van der Waals surface area (Å²) in [5.41, 5.74) is 6.04. The van der Waals surface area contributed by atoms with Crippen molar-refractivity contribution in [2.45, 2.75) is 0 Å². The standard InChI is InChI=1S/C19H14FN5O3/c1-28-13-8-2-10(3-9-13)17-22-14(16(21)26)15-18(24-17)25(19(27)23-15)12-6-4-11(20)5-7-12/h2-9H,1H3,(H2,21,26)(H,23,27). The molecule has 0 aliphatic rings. The van der Waals surface area contributed by atoms with Crippen LogP contribution in [0.2, 0.25) is 0 Å². The molecule has 0 aliphatic heterocycles. The number of nitrogens with one attached hydrogen (secondary N) is 1. The number of aromatic nitrogens is 4. The number of imidazole rings is 1. The van der Waals surface area contributed by atoms with E-state index in [4.69, 9.17) is 10.5 Å². The van der Waals surface area contributed by atoms with E-state index in [1.807, 2.05) is 0 Å². The van der Waals surface area contributed by atoms with Gasteiger partial charge < -0.3 is 15.5 Å². The first-order valence-corrected chi connectivity index (χ1v) is 8.21.